The van der Waals surface area contributed by atoms with Crippen LogP contribution in [0.25, 0.3) is 0 Å². The molecular formula is C14H32Cl2N6. The number of nitrogens with one attached hydrogen (secondary N) is 2. The Hall–Kier alpha value is -0.880. The maximum atomic E-state index is 7.72. The van der Waals surface area contributed by atoms with E-state index in [1.807, 2.05) is 13.8 Å². The highest BCUT2D eigenvalue weighted by molar-refractivity contribution is 5.88. The molecule has 0 aromatic carbocycles. The summed E-state index contributed by atoms with van der Waals surface area (Å²) < 4.78 is 0. The molecule has 0 amide bonds. The number of hydrogen-bond acceptors (Lipinski definition) is 4. The molecule has 22 heavy (non-hydrogen) atoms. The third-order valence-electron chi connectivity index (χ3n) is 3.69. The Bertz CT molecular complexity index is 340. The van der Waals surface area contributed by atoms with Crippen molar-refractivity contribution in [3.63, 3.8) is 0 Å². The van der Waals surface area contributed by atoms with Crippen molar-refractivity contribution < 1.29 is 0 Å². The van der Waals surface area contributed by atoms with Gasteiger partial charge in [-0.2, -0.15) is 10.2 Å². The van der Waals surface area contributed by atoms with E-state index in [-0.39, 0.29) is 36.5 Å². The molecule has 0 fully saturated rings. The van der Waals surface area contributed by atoms with E-state index in [4.69, 9.17) is 22.3 Å². The van der Waals surface area contributed by atoms with Crippen molar-refractivity contribution in [1.82, 2.24) is 0 Å². The van der Waals surface area contributed by atoms with Gasteiger partial charge in [-0.25, -0.2) is 0 Å². The van der Waals surface area contributed by atoms with Crippen molar-refractivity contribution in [3.8, 4) is 0 Å². The molecular weight excluding hydrogens is 323 g/mol. The average molecular weight is 355 g/mol. The molecule has 0 aliphatic heterocycles. The first-order valence-corrected chi connectivity index (χ1v) is 7.35. The second-order valence-electron chi connectivity index (χ2n) is 5.78. The summed E-state index contributed by atoms with van der Waals surface area (Å²) in [6.07, 6.45) is 5.26. The van der Waals surface area contributed by atoms with E-state index >= 15 is 0 Å². The van der Waals surface area contributed by atoms with Gasteiger partial charge in [0, 0.05) is 0 Å². The van der Waals surface area contributed by atoms with E-state index < -0.39 is 11.1 Å². The zero-order chi connectivity index (χ0) is 15.8. The smallest absolute Gasteiger partial charge is 0.135 e. The van der Waals surface area contributed by atoms with Crippen molar-refractivity contribution >= 4 is 36.5 Å². The molecule has 8 heteroatoms. The third kappa shape index (κ3) is 7.94. The summed E-state index contributed by atoms with van der Waals surface area (Å²) in [5.74, 6) is 0.0205. The first-order valence-electron chi connectivity index (χ1n) is 7.35. The predicted octanol–water partition coefficient (Wildman–Crippen LogP) is 4.05. The van der Waals surface area contributed by atoms with E-state index in [0.29, 0.717) is 12.8 Å². The highest BCUT2D eigenvalue weighted by Gasteiger charge is 2.32. The van der Waals surface area contributed by atoms with Crippen LogP contribution in [-0.2, 0) is 0 Å². The predicted molar refractivity (Wildman–Crippen MR) is 99.0 cm³/mol. The summed E-state index contributed by atoms with van der Waals surface area (Å²) in [5, 5.41) is 24.0. The maximum Gasteiger partial charge on any atom is 0.135 e. The van der Waals surface area contributed by atoms with E-state index in [2.05, 4.69) is 24.1 Å². The molecule has 0 rings (SSSR count). The lowest BCUT2D eigenvalue weighted by atomic mass is 9.93. The lowest BCUT2D eigenvalue weighted by Crippen LogP contribution is -2.42. The molecule has 0 saturated heterocycles. The lowest BCUT2D eigenvalue weighted by molar-refractivity contribution is 0.447. The largest absolute Gasteiger partial charge is 0.386 e. The summed E-state index contributed by atoms with van der Waals surface area (Å²) in [6, 6.07) is 0. The van der Waals surface area contributed by atoms with Crippen LogP contribution in [0.5, 0.6) is 0 Å². The SMILES string of the molecule is CCCCC(C)(/N=N/C(C)(CCCC)C(=N)N)C(=N)N.Cl.Cl. The first kappa shape index (κ1) is 26.0. The van der Waals surface area contributed by atoms with Gasteiger partial charge in [-0.3, -0.25) is 10.8 Å². The van der Waals surface area contributed by atoms with Crippen molar-refractivity contribution in [2.24, 2.45) is 21.7 Å². The van der Waals surface area contributed by atoms with Crippen LogP contribution in [0.15, 0.2) is 10.2 Å². The molecule has 0 radical (unpaired) electrons. The van der Waals surface area contributed by atoms with Gasteiger partial charge < -0.3 is 11.5 Å². The zero-order valence-corrected chi connectivity index (χ0v) is 15.7. The number of hydrogen-bond donors (Lipinski definition) is 4. The minimum absolute atomic E-state index is 0. The topological polar surface area (TPSA) is 124 Å². The molecule has 0 aromatic heterocycles. The molecule has 0 aromatic rings. The maximum absolute atomic E-state index is 7.72. The Morgan fingerprint density at radius 3 is 1.27 bits per heavy atom. The van der Waals surface area contributed by atoms with E-state index in [9.17, 15) is 0 Å². The van der Waals surface area contributed by atoms with Crippen molar-refractivity contribution in [2.45, 2.75) is 77.3 Å². The van der Waals surface area contributed by atoms with Gasteiger partial charge >= 0.3 is 0 Å². The zero-order valence-electron chi connectivity index (χ0n) is 14.1. The number of nitrogens with two attached hydrogens (primary N) is 2. The highest BCUT2D eigenvalue weighted by Crippen LogP contribution is 2.25. The van der Waals surface area contributed by atoms with Gasteiger partial charge in [-0.15, -0.1) is 24.8 Å². The quantitative estimate of drug-likeness (QED) is 0.268. The van der Waals surface area contributed by atoms with Gasteiger partial charge in [0.2, 0.25) is 0 Å². The van der Waals surface area contributed by atoms with Crippen LogP contribution in [0.2, 0.25) is 0 Å². The van der Waals surface area contributed by atoms with Crippen LogP contribution >= 0.6 is 24.8 Å². The summed E-state index contributed by atoms with van der Waals surface area (Å²) in [5.41, 5.74) is 9.74. The third-order valence-corrected chi connectivity index (χ3v) is 3.69. The molecule has 0 bridgehead atoms. The van der Waals surface area contributed by atoms with Gasteiger partial charge in [0.05, 0.1) is 0 Å². The highest BCUT2D eigenvalue weighted by atomic mass is 35.5. The molecule has 0 saturated carbocycles. The number of amidine groups is 2. The van der Waals surface area contributed by atoms with Crippen LogP contribution in [0.3, 0.4) is 0 Å². The van der Waals surface area contributed by atoms with Gasteiger partial charge in [0.1, 0.15) is 22.7 Å². The second kappa shape index (κ2) is 11.7. The van der Waals surface area contributed by atoms with Gasteiger partial charge in [0.25, 0.3) is 0 Å². The Balaban J connectivity index is -0.00000180. The Labute approximate surface area is 146 Å². The fraction of sp³-hybridized carbons (Fsp3) is 0.857. The molecule has 0 heterocycles. The van der Waals surface area contributed by atoms with E-state index in [0.717, 1.165) is 25.7 Å². The summed E-state index contributed by atoms with van der Waals surface area (Å²) in [4.78, 5) is 0. The number of unbranched alkanes of at least 4 members (excludes halogenated alkanes) is 2. The average Bonchev–Trinajstić information content (AvgIpc) is 2.40. The Morgan fingerprint density at radius 2 is 1.09 bits per heavy atom. The van der Waals surface area contributed by atoms with E-state index in [1.165, 1.54) is 0 Å². The molecule has 0 spiro atoms. The number of halogens is 2. The molecule has 6 N–H and O–H groups in total. The monoisotopic (exact) mass is 354 g/mol. The van der Waals surface area contributed by atoms with Crippen LogP contribution in [0.1, 0.15) is 66.2 Å². The lowest BCUT2D eigenvalue weighted by Gasteiger charge is -2.27. The molecule has 6 nitrogen and oxygen atoms in total. The molecule has 132 valence electrons. The Kier molecular flexibility index (Phi) is 13.8. The summed E-state index contributed by atoms with van der Waals surface area (Å²) >= 11 is 0. The summed E-state index contributed by atoms with van der Waals surface area (Å²) in [7, 11) is 0. The van der Waals surface area contributed by atoms with Crippen molar-refractivity contribution in [3.05, 3.63) is 0 Å². The normalized spacial score (nSPS) is 16.0. The first-order chi connectivity index (χ1) is 9.22. The van der Waals surface area contributed by atoms with Crippen LogP contribution in [-0.4, -0.2) is 22.7 Å². The van der Waals surface area contributed by atoms with Crippen LogP contribution < -0.4 is 11.5 Å². The summed E-state index contributed by atoms with van der Waals surface area (Å²) in [6.45, 7) is 7.79. The Morgan fingerprint density at radius 1 is 0.818 bits per heavy atom. The number of rotatable bonds is 10. The molecule has 0 aliphatic carbocycles. The van der Waals surface area contributed by atoms with Gasteiger partial charge in [-0.1, -0.05) is 39.5 Å². The molecule has 2 atom stereocenters. The van der Waals surface area contributed by atoms with Gasteiger partial charge in [0.15, 0.2) is 0 Å². The van der Waals surface area contributed by atoms with Crippen LogP contribution in [0.4, 0.5) is 0 Å². The number of nitrogens with zero attached hydrogens (tertiary/aromatic N) is 2. The van der Waals surface area contributed by atoms with Crippen LogP contribution in [0, 0.1) is 10.8 Å². The fourth-order valence-corrected chi connectivity index (χ4v) is 1.74. The molecule has 0 aliphatic rings. The standard InChI is InChI=1S/C14H30N6.2ClH/c1-5-7-9-13(3,11(15)16)19-20-14(4,12(17)18)10-8-6-2;;/h5-10H2,1-4H3,(H3,15,16)(H3,17,18);2*1H/b20-19+;;. The van der Waals surface area contributed by atoms with Crippen molar-refractivity contribution in [1.29, 1.82) is 10.8 Å². The van der Waals surface area contributed by atoms with Crippen molar-refractivity contribution in [2.75, 3.05) is 0 Å². The molecule has 2 unspecified atom stereocenters. The second-order valence-corrected chi connectivity index (χ2v) is 5.78. The fourth-order valence-electron chi connectivity index (χ4n) is 1.74. The van der Waals surface area contributed by atoms with Gasteiger partial charge in [-0.05, 0) is 26.7 Å². The minimum Gasteiger partial charge on any atom is -0.386 e. The number of azo groups is 1. The minimum atomic E-state index is -0.793. The van der Waals surface area contributed by atoms with E-state index in [1.54, 1.807) is 0 Å².